The maximum atomic E-state index is 4.86. The van der Waals surface area contributed by atoms with Gasteiger partial charge in [-0.15, -0.1) is 0 Å². The topological polar surface area (TPSA) is 65.4 Å². The van der Waals surface area contributed by atoms with Crippen molar-refractivity contribution in [1.82, 2.24) is 15.3 Å². The molecule has 6 nitrogen and oxygen atoms in total. The molecule has 0 amide bonds. The molecule has 136 valence electrons. The monoisotopic (exact) mass is 350 g/mol. The fraction of sp³-hybridized carbons (Fsp3) is 0.450. The molecule has 2 aliphatic rings. The first kappa shape index (κ1) is 17.0. The highest BCUT2D eigenvalue weighted by Crippen LogP contribution is 2.26. The van der Waals surface area contributed by atoms with Crippen LogP contribution in [0.2, 0.25) is 0 Å². The van der Waals surface area contributed by atoms with Crippen molar-refractivity contribution in [3.05, 3.63) is 40.6 Å². The Labute approximate surface area is 154 Å². The number of benzene rings is 1. The molecule has 0 radical (unpaired) electrons. The molecule has 26 heavy (non-hydrogen) atoms. The molecule has 0 saturated carbocycles. The van der Waals surface area contributed by atoms with E-state index in [1.54, 1.807) is 0 Å². The zero-order valence-corrected chi connectivity index (χ0v) is 15.7. The highest BCUT2D eigenvalue weighted by atomic mass is 15.3. The standard InChI is InChI=1S/C20H26N6/c1-13-9-21-6-7-26(12-13)20-23-15(3)14(2)19(25-20)24-18-5-4-16-10-22-11-17(16)8-18/h4-5,8,11,13,21H,6-7,9-10,12H2,1-3H3,(H,23,24,25). The normalized spacial score (nSPS) is 19.3. The number of aryl methyl sites for hydroxylation is 1. The van der Waals surface area contributed by atoms with Crippen molar-refractivity contribution in [2.75, 3.05) is 36.4 Å². The van der Waals surface area contributed by atoms with Crippen molar-refractivity contribution in [2.45, 2.75) is 27.3 Å². The van der Waals surface area contributed by atoms with Crippen LogP contribution in [0.4, 0.5) is 17.5 Å². The van der Waals surface area contributed by atoms with E-state index in [0.29, 0.717) is 5.92 Å². The van der Waals surface area contributed by atoms with Gasteiger partial charge in [0.15, 0.2) is 0 Å². The van der Waals surface area contributed by atoms with Gasteiger partial charge in [0, 0.05) is 42.8 Å². The van der Waals surface area contributed by atoms with Crippen LogP contribution in [0.25, 0.3) is 0 Å². The maximum Gasteiger partial charge on any atom is 0.227 e. The summed E-state index contributed by atoms with van der Waals surface area (Å²) >= 11 is 0. The highest BCUT2D eigenvalue weighted by Gasteiger charge is 2.19. The average Bonchev–Trinajstić information content (AvgIpc) is 2.98. The SMILES string of the molecule is Cc1nc(N2CCNCC(C)C2)nc(Nc2ccc3c(c2)C=NC3)c1C. The number of aliphatic imine (C=N–C) groups is 1. The Bertz CT molecular complexity index is 844. The minimum absolute atomic E-state index is 0.579. The van der Waals surface area contributed by atoms with Gasteiger partial charge in [0.05, 0.1) is 6.54 Å². The summed E-state index contributed by atoms with van der Waals surface area (Å²) < 4.78 is 0. The first-order valence-electron chi connectivity index (χ1n) is 9.31. The van der Waals surface area contributed by atoms with Gasteiger partial charge in [-0.1, -0.05) is 13.0 Å². The number of aromatic nitrogens is 2. The van der Waals surface area contributed by atoms with Crippen LogP contribution >= 0.6 is 0 Å². The van der Waals surface area contributed by atoms with Crippen LogP contribution in [0.5, 0.6) is 0 Å². The molecule has 1 aromatic carbocycles. The highest BCUT2D eigenvalue weighted by molar-refractivity contribution is 5.86. The number of anilines is 3. The molecule has 0 bridgehead atoms. The Morgan fingerprint density at radius 3 is 3.00 bits per heavy atom. The summed E-state index contributed by atoms with van der Waals surface area (Å²) in [6, 6.07) is 6.37. The summed E-state index contributed by atoms with van der Waals surface area (Å²) in [6.45, 7) is 11.1. The quantitative estimate of drug-likeness (QED) is 0.891. The second-order valence-electron chi connectivity index (χ2n) is 7.35. The Morgan fingerprint density at radius 2 is 2.12 bits per heavy atom. The summed E-state index contributed by atoms with van der Waals surface area (Å²) in [5, 5.41) is 6.97. The van der Waals surface area contributed by atoms with Gasteiger partial charge < -0.3 is 15.5 Å². The number of rotatable bonds is 3. The van der Waals surface area contributed by atoms with Crippen LogP contribution in [0, 0.1) is 19.8 Å². The summed E-state index contributed by atoms with van der Waals surface area (Å²) in [6.07, 6.45) is 1.94. The third-order valence-electron chi connectivity index (χ3n) is 5.14. The molecule has 2 aliphatic heterocycles. The van der Waals surface area contributed by atoms with Gasteiger partial charge in [0.1, 0.15) is 5.82 Å². The molecular formula is C20H26N6. The summed E-state index contributed by atoms with van der Waals surface area (Å²) in [5.74, 6) is 2.27. The molecule has 2 N–H and O–H groups in total. The van der Waals surface area contributed by atoms with Crippen molar-refractivity contribution in [2.24, 2.45) is 10.9 Å². The van der Waals surface area contributed by atoms with Crippen molar-refractivity contribution < 1.29 is 0 Å². The second kappa shape index (κ2) is 7.03. The van der Waals surface area contributed by atoms with E-state index >= 15 is 0 Å². The minimum atomic E-state index is 0.579. The molecule has 1 unspecified atom stereocenters. The second-order valence-corrected chi connectivity index (χ2v) is 7.35. The lowest BCUT2D eigenvalue weighted by molar-refractivity contribution is 0.561. The fourth-order valence-corrected chi connectivity index (χ4v) is 3.47. The lowest BCUT2D eigenvalue weighted by Gasteiger charge is -2.24. The summed E-state index contributed by atoms with van der Waals surface area (Å²) in [7, 11) is 0. The van der Waals surface area contributed by atoms with E-state index in [2.05, 4.69) is 59.5 Å². The van der Waals surface area contributed by atoms with Crippen molar-refractivity contribution in [3.63, 3.8) is 0 Å². The van der Waals surface area contributed by atoms with Gasteiger partial charge in [-0.05, 0) is 49.6 Å². The van der Waals surface area contributed by atoms with Crippen LogP contribution in [0.3, 0.4) is 0 Å². The van der Waals surface area contributed by atoms with Crippen LogP contribution in [-0.4, -0.2) is 42.4 Å². The predicted octanol–water partition coefficient (Wildman–Crippen LogP) is 2.82. The van der Waals surface area contributed by atoms with Gasteiger partial charge >= 0.3 is 0 Å². The van der Waals surface area contributed by atoms with Crippen LogP contribution in [0.1, 0.15) is 29.3 Å². The lowest BCUT2D eigenvalue weighted by atomic mass is 10.1. The maximum absolute atomic E-state index is 4.86. The Kier molecular flexibility index (Phi) is 4.59. The van der Waals surface area contributed by atoms with Gasteiger partial charge in [-0.3, -0.25) is 4.99 Å². The first-order chi connectivity index (χ1) is 12.6. The zero-order valence-electron chi connectivity index (χ0n) is 15.7. The van der Waals surface area contributed by atoms with Gasteiger partial charge in [-0.25, -0.2) is 4.98 Å². The number of fused-ring (bicyclic) bond motifs is 1. The Hall–Kier alpha value is -2.47. The predicted molar refractivity (Wildman–Crippen MR) is 107 cm³/mol. The van der Waals surface area contributed by atoms with Crippen LogP contribution < -0.4 is 15.5 Å². The summed E-state index contributed by atoms with van der Waals surface area (Å²) in [4.78, 5) is 16.2. The van der Waals surface area contributed by atoms with E-state index in [0.717, 1.165) is 61.4 Å². The molecule has 6 heteroatoms. The molecule has 4 rings (SSSR count). The molecule has 2 aromatic rings. The van der Waals surface area contributed by atoms with Crippen molar-refractivity contribution in [1.29, 1.82) is 0 Å². The molecule has 1 fully saturated rings. The minimum Gasteiger partial charge on any atom is -0.340 e. The molecule has 0 spiro atoms. The Morgan fingerprint density at radius 1 is 1.23 bits per heavy atom. The number of nitrogens with zero attached hydrogens (tertiary/aromatic N) is 4. The molecule has 1 atom stereocenters. The zero-order chi connectivity index (χ0) is 18.1. The largest absolute Gasteiger partial charge is 0.340 e. The van der Waals surface area contributed by atoms with E-state index in [-0.39, 0.29) is 0 Å². The fourth-order valence-electron chi connectivity index (χ4n) is 3.47. The molecule has 1 aromatic heterocycles. The third-order valence-corrected chi connectivity index (χ3v) is 5.14. The van der Waals surface area contributed by atoms with E-state index in [1.807, 2.05) is 6.21 Å². The Balaban J connectivity index is 1.63. The molecule has 3 heterocycles. The van der Waals surface area contributed by atoms with Gasteiger partial charge in [0.2, 0.25) is 5.95 Å². The van der Waals surface area contributed by atoms with Crippen LogP contribution in [-0.2, 0) is 6.54 Å². The van der Waals surface area contributed by atoms with E-state index < -0.39 is 0 Å². The number of hydrogen-bond donors (Lipinski definition) is 2. The number of hydrogen-bond acceptors (Lipinski definition) is 6. The molecule has 1 saturated heterocycles. The lowest BCUT2D eigenvalue weighted by Crippen LogP contribution is -2.31. The van der Waals surface area contributed by atoms with E-state index in [1.165, 1.54) is 11.1 Å². The molecular weight excluding hydrogens is 324 g/mol. The van der Waals surface area contributed by atoms with Crippen molar-refractivity contribution >= 4 is 23.7 Å². The van der Waals surface area contributed by atoms with Gasteiger partial charge in [0.25, 0.3) is 0 Å². The van der Waals surface area contributed by atoms with Gasteiger partial charge in [-0.2, -0.15) is 4.98 Å². The first-order valence-corrected chi connectivity index (χ1v) is 9.31. The number of nitrogens with one attached hydrogen (secondary N) is 2. The van der Waals surface area contributed by atoms with E-state index in [4.69, 9.17) is 9.97 Å². The third kappa shape index (κ3) is 3.42. The smallest absolute Gasteiger partial charge is 0.227 e. The van der Waals surface area contributed by atoms with Crippen molar-refractivity contribution in [3.8, 4) is 0 Å². The van der Waals surface area contributed by atoms with Crippen LogP contribution in [0.15, 0.2) is 23.2 Å². The summed E-state index contributed by atoms with van der Waals surface area (Å²) in [5.41, 5.74) is 5.60. The molecule has 0 aliphatic carbocycles. The van der Waals surface area contributed by atoms with E-state index in [9.17, 15) is 0 Å². The average molecular weight is 350 g/mol.